The molecule has 23 heavy (non-hydrogen) atoms. The molecule has 6 nitrogen and oxygen atoms in total. The van der Waals surface area contributed by atoms with Gasteiger partial charge in [0.05, 0.1) is 19.6 Å². The van der Waals surface area contributed by atoms with Gasteiger partial charge in [0, 0.05) is 0 Å². The van der Waals surface area contributed by atoms with Crippen molar-refractivity contribution in [3.8, 4) is 0 Å². The highest BCUT2D eigenvalue weighted by molar-refractivity contribution is 5.82. The second kappa shape index (κ2) is 7.76. The normalized spacial score (nSPS) is 12.2. The number of methoxy groups -OCH3 is 1. The number of carbonyl (C=O) groups excluding carboxylic acids is 3. The first-order valence-electron chi connectivity index (χ1n) is 7.28. The third-order valence-electron chi connectivity index (χ3n) is 3.19. The van der Waals surface area contributed by atoms with Crippen LogP contribution in [0.5, 0.6) is 0 Å². The van der Waals surface area contributed by atoms with Gasteiger partial charge in [0.2, 0.25) is 6.41 Å². The molecular weight excluding hydrogens is 298 g/mol. The van der Waals surface area contributed by atoms with Crippen LogP contribution in [-0.4, -0.2) is 36.1 Å². The number of benzene rings is 1. The van der Waals surface area contributed by atoms with Crippen molar-refractivity contribution in [2.75, 3.05) is 7.11 Å². The van der Waals surface area contributed by atoms with Gasteiger partial charge in [-0.15, -0.1) is 0 Å². The summed E-state index contributed by atoms with van der Waals surface area (Å²) in [6, 6.07) is 6.45. The maximum absolute atomic E-state index is 12.3. The molecule has 1 unspecified atom stereocenters. The number of esters is 1. The molecule has 0 fully saturated rings. The van der Waals surface area contributed by atoms with Gasteiger partial charge in [-0.3, -0.25) is 9.59 Å². The highest BCUT2D eigenvalue weighted by atomic mass is 16.6. The molecule has 0 bridgehead atoms. The Hall–Kier alpha value is -2.37. The minimum atomic E-state index is -0.801. The zero-order valence-corrected chi connectivity index (χ0v) is 14.2. The molecule has 0 heterocycles. The maximum Gasteiger partial charge on any atom is 0.417 e. The molecule has 1 rings (SSSR count). The number of aryl methyl sites for hydroxylation is 1. The average Bonchev–Trinajstić information content (AvgIpc) is 2.45. The fourth-order valence-electron chi connectivity index (χ4n) is 2.12. The van der Waals surface area contributed by atoms with Crippen molar-refractivity contribution in [1.82, 2.24) is 4.90 Å². The summed E-state index contributed by atoms with van der Waals surface area (Å²) in [6.45, 7) is 6.96. The zero-order valence-electron chi connectivity index (χ0n) is 14.2. The lowest BCUT2D eigenvalue weighted by atomic mass is 9.98. The Bertz CT molecular complexity index is 577. The summed E-state index contributed by atoms with van der Waals surface area (Å²) in [5.74, 6) is -0.520. The van der Waals surface area contributed by atoms with E-state index in [0.29, 0.717) is 12.0 Å². The lowest BCUT2D eigenvalue weighted by Gasteiger charge is -2.30. The summed E-state index contributed by atoms with van der Waals surface area (Å²) in [7, 11) is 1.26. The molecule has 0 aromatic heterocycles. The van der Waals surface area contributed by atoms with Crippen molar-refractivity contribution < 1.29 is 23.9 Å². The van der Waals surface area contributed by atoms with E-state index in [1.165, 1.54) is 7.11 Å². The van der Waals surface area contributed by atoms with Crippen molar-refractivity contribution in [1.29, 1.82) is 0 Å². The van der Waals surface area contributed by atoms with Crippen LogP contribution in [0.15, 0.2) is 24.3 Å². The summed E-state index contributed by atoms with van der Waals surface area (Å²) in [5, 5.41) is 0. The van der Waals surface area contributed by atoms with Gasteiger partial charge >= 0.3 is 12.1 Å². The molecule has 1 aromatic carbocycles. The first-order valence-corrected chi connectivity index (χ1v) is 7.28. The Labute approximate surface area is 136 Å². The van der Waals surface area contributed by atoms with Crippen molar-refractivity contribution in [3.05, 3.63) is 35.4 Å². The molecule has 126 valence electrons. The molecule has 0 spiro atoms. The van der Waals surface area contributed by atoms with E-state index in [9.17, 15) is 14.4 Å². The van der Waals surface area contributed by atoms with Crippen molar-refractivity contribution >= 4 is 18.5 Å². The Morgan fingerprint density at radius 2 is 1.87 bits per heavy atom. The van der Waals surface area contributed by atoms with E-state index in [2.05, 4.69) is 4.74 Å². The maximum atomic E-state index is 12.3. The first-order chi connectivity index (χ1) is 10.7. The SMILES string of the molecule is COC(=O)CC(c1ccccc1C)N(C=O)C(=O)OC(C)(C)C. The number of amides is 2. The van der Waals surface area contributed by atoms with Crippen LogP contribution in [0.4, 0.5) is 4.79 Å². The molecular formula is C17H23NO5. The van der Waals surface area contributed by atoms with Crippen LogP contribution in [-0.2, 0) is 19.1 Å². The van der Waals surface area contributed by atoms with Crippen LogP contribution in [0.1, 0.15) is 44.4 Å². The monoisotopic (exact) mass is 321 g/mol. The van der Waals surface area contributed by atoms with Crippen molar-refractivity contribution in [2.45, 2.75) is 45.8 Å². The number of nitrogens with zero attached hydrogens (tertiary/aromatic N) is 1. The number of rotatable bonds is 5. The molecule has 1 atom stereocenters. The molecule has 1 aromatic rings. The average molecular weight is 321 g/mol. The summed E-state index contributed by atoms with van der Waals surface area (Å²) < 4.78 is 9.94. The van der Waals surface area contributed by atoms with Crippen molar-refractivity contribution in [2.24, 2.45) is 0 Å². The summed E-state index contributed by atoms with van der Waals surface area (Å²) in [5.41, 5.74) is 0.799. The molecule has 0 aliphatic rings. The molecule has 0 aliphatic heterocycles. The smallest absolute Gasteiger partial charge is 0.417 e. The van der Waals surface area contributed by atoms with Gasteiger partial charge in [0.15, 0.2) is 0 Å². The Morgan fingerprint density at radius 1 is 1.26 bits per heavy atom. The van der Waals surface area contributed by atoms with E-state index in [1.54, 1.807) is 32.9 Å². The largest absolute Gasteiger partial charge is 0.469 e. The molecule has 0 aliphatic carbocycles. The van der Waals surface area contributed by atoms with E-state index in [-0.39, 0.29) is 6.42 Å². The van der Waals surface area contributed by atoms with E-state index >= 15 is 0 Å². The van der Waals surface area contributed by atoms with E-state index in [4.69, 9.17) is 4.74 Å². The van der Waals surface area contributed by atoms with Crippen LogP contribution in [0, 0.1) is 6.92 Å². The summed E-state index contributed by atoms with van der Waals surface area (Å²) in [4.78, 5) is 36.4. The second-order valence-corrected chi connectivity index (χ2v) is 6.15. The van der Waals surface area contributed by atoms with Crippen LogP contribution < -0.4 is 0 Å². The molecule has 6 heteroatoms. The van der Waals surface area contributed by atoms with Crippen molar-refractivity contribution in [3.63, 3.8) is 0 Å². The standard InChI is InChI=1S/C17H23NO5/c1-12-8-6-7-9-13(12)14(10-15(20)22-5)18(11-19)16(21)23-17(2,3)4/h6-9,11,14H,10H2,1-5H3. The molecule has 0 saturated carbocycles. The third-order valence-corrected chi connectivity index (χ3v) is 3.19. The van der Waals surface area contributed by atoms with Crippen LogP contribution in [0.2, 0.25) is 0 Å². The van der Waals surface area contributed by atoms with Gasteiger partial charge in [-0.2, -0.15) is 0 Å². The lowest BCUT2D eigenvalue weighted by molar-refractivity contribution is -0.142. The number of hydrogen-bond donors (Lipinski definition) is 0. The molecule has 0 N–H and O–H groups in total. The highest BCUT2D eigenvalue weighted by Gasteiger charge is 2.31. The van der Waals surface area contributed by atoms with Crippen LogP contribution in [0.25, 0.3) is 0 Å². The van der Waals surface area contributed by atoms with E-state index in [1.807, 2.05) is 19.1 Å². The summed E-state index contributed by atoms with van der Waals surface area (Å²) in [6.07, 6.45) is -0.558. The van der Waals surface area contributed by atoms with Gasteiger partial charge < -0.3 is 9.47 Å². The first kappa shape index (κ1) is 18.7. The Morgan fingerprint density at radius 3 is 2.35 bits per heavy atom. The Kier molecular flexibility index (Phi) is 6.30. The topological polar surface area (TPSA) is 72.9 Å². The highest BCUT2D eigenvalue weighted by Crippen LogP contribution is 2.28. The predicted molar refractivity (Wildman–Crippen MR) is 84.7 cm³/mol. The number of ether oxygens (including phenoxy) is 2. The molecule has 0 saturated heterocycles. The molecule has 2 amide bonds. The quantitative estimate of drug-likeness (QED) is 0.616. The fourth-order valence-corrected chi connectivity index (χ4v) is 2.12. The number of imide groups is 1. The van der Waals surface area contributed by atoms with Gasteiger partial charge in [-0.25, -0.2) is 9.69 Å². The van der Waals surface area contributed by atoms with E-state index in [0.717, 1.165) is 10.5 Å². The minimum absolute atomic E-state index is 0.140. The number of carbonyl (C=O) groups is 3. The lowest BCUT2D eigenvalue weighted by Crippen LogP contribution is -2.39. The van der Waals surface area contributed by atoms with Gasteiger partial charge in [0.25, 0.3) is 0 Å². The van der Waals surface area contributed by atoms with E-state index < -0.39 is 23.7 Å². The number of hydrogen-bond acceptors (Lipinski definition) is 5. The van der Waals surface area contributed by atoms with Gasteiger partial charge in [-0.05, 0) is 38.8 Å². The van der Waals surface area contributed by atoms with Crippen LogP contribution in [0.3, 0.4) is 0 Å². The van der Waals surface area contributed by atoms with Gasteiger partial charge in [0.1, 0.15) is 5.60 Å². The van der Waals surface area contributed by atoms with Gasteiger partial charge in [-0.1, -0.05) is 24.3 Å². The molecule has 0 radical (unpaired) electrons. The van der Waals surface area contributed by atoms with Crippen LogP contribution >= 0.6 is 0 Å². The predicted octanol–water partition coefficient (Wildman–Crippen LogP) is 2.99. The zero-order chi connectivity index (χ0) is 17.6. The fraction of sp³-hybridized carbons (Fsp3) is 0.471. The third kappa shape index (κ3) is 5.39. The summed E-state index contributed by atoms with van der Waals surface area (Å²) >= 11 is 0. The Balaban J connectivity index is 3.20. The second-order valence-electron chi connectivity index (χ2n) is 6.15. The minimum Gasteiger partial charge on any atom is -0.469 e.